The van der Waals surface area contributed by atoms with Crippen molar-refractivity contribution in [1.82, 2.24) is 19.7 Å². The molecule has 1 aromatic heterocycles. The molecule has 1 aliphatic heterocycles. The molecule has 1 amide bonds. The molecular weight excluding hydrogens is 321 g/mol. The predicted octanol–water partition coefficient (Wildman–Crippen LogP) is 2.89. The number of carbonyl (C=O) groups is 1. The minimum absolute atomic E-state index is 0.0501. The molecule has 0 unspecified atom stereocenters. The molecule has 0 aromatic carbocycles. The van der Waals surface area contributed by atoms with Crippen molar-refractivity contribution in [2.75, 3.05) is 13.1 Å². The van der Waals surface area contributed by atoms with Crippen molar-refractivity contribution in [3.8, 4) is 0 Å². The second-order valence-corrected chi connectivity index (χ2v) is 7.00. The van der Waals surface area contributed by atoms with Crippen LogP contribution in [0.3, 0.4) is 0 Å². The van der Waals surface area contributed by atoms with Crippen LogP contribution < -0.4 is 0 Å². The van der Waals surface area contributed by atoms with Crippen molar-refractivity contribution in [1.29, 1.82) is 0 Å². The molecule has 1 saturated heterocycles. The molecular formula is C16H23F3N4O. The van der Waals surface area contributed by atoms with Gasteiger partial charge < -0.3 is 9.47 Å². The summed E-state index contributed by atoms with van der Waals surface area (Å²) in [6.45, 7) is 1.17. The molecule has 2 aliphatic rings. The van der Waals surface area contributed by atoms with E-state index in [1.54, 1.807) is 11.2 Å². The number of likely N-dealkylation sites (tertiary alicyclic amines) is 1. The van der Waals surface area contributed by atoms with Gasteiger partial charge in [-0.25, -0.2) is 0 Å². The fourth-order valence-electron chi connectivity index (χ4n) is 3.99. The van der Waals surface area contributed by atoms with E-state index in [9.17, 15) is 18.0 Å². The standard InChI is InChI=1S/C16H23F3N4O/c1-22-10-20-21-14(22)11-5-7-23(8-6-11)15(24)12-3-2-4-13(9-12)16(17,18)19/h10-13H,2-9H2,1H3/t12-,13+/m1/s1. The molecule has 1 aromatic rings. The summed E-state index contributed by atoms with van der Waals surface area (Å²) >= 11 is 0. The predicted molar refractivity (Wildman–Crippen MR) is 81.1 cm³/mol. The molecule has 0 radical (unpaired) electrons. The van der Waals surface area contributed by atoms with Gasteiger partial charge in [0.05, 0.1) is 5.92 Å². The van der Waals surface area contributed by atoms with Gasteiger partial charge in [0.2, 0.25) is 5.91 Å². The number of nitrogens with zero attached hydrogens (tertiary/aromatic N) is 4. The van der Waals surface area contributed by atoms with Crippen LogP contribution in [-0.2, 0) is 11.8 Å². The molecule has 5 nitrogen and oxygen atoms in total. The fourth-order valence-corrected chi connectivity index (χ4v) is 3.99. The summed E-state index contributed by atoms with van der Waals surface area (Å²) in [6, 6.07) is 0. The zero-order valence-electron chi connectivity index (χ0n) is 13.8. The molecule has 0 spiro atoms. The van der Waals surface area contributed by atoms with Crippen LogP contribution in [0, 0.1) is 11.8 Å². The zero-order chi connectivity index (χ0) is 17.3. The second-order valence-electron chi connectivity index (χ2n) is 7.00. The Morgan fingerprint density at radius 3 is 2.50 bits per heavy atom. The molecule has 1 aliphatic carbocycles. The van der Waals surface area contributed by atoms with Crippen molar-refractivity contribution in [2.45, 2.75) is 50.6 Å². The summed E-state index contributed by atoms with van der Waals surface area (Å²) in [5.74, 6) is -0.721. The van der Waals surface area contributed by atoms with E-state index in [1.165, 1.54) is 0 Å². The lowest BCUT2D eigenvalue weighted by Crippen LogP contribution is -2.43. The highest BCUT2D eigenvalue weighted by Gasteiger charge is 2.44. The molecule has 2 heterocycles. The lowest BCUT2D eigenvalue weighted by atomic mass is 9.80. The van der Waals surface area contributed by atoms with Gasteiger partial charge in [0.25, 0.3) is 0 Å². The molecule has 8 heteroatoms. The third kappa shape index (κ3) is 3.57. The van der Waals surface area contributed by atoms with E-state index in [-0.39, 0.29) is 24.7 Å². The molecule has 0 N–H and O–H groups in total. The number of halogens is 3. The van der Waals surface area contributed by atoms with Crippen molar-refractivity contribution in [3.63, 3.8) is 0 Å². The lowest BCUT2D eigenvalue weighted by molar-refractivity contribution is -0.187. The molecule has 2 atom stereocenters. The molecule has 2 fully saturated rings. The maximum atomic E-state index is 12.9. The summed E-state index contributed by atoms with van der Waals surface area (Å²) in [4.78, 5) is 14.4. The van der Waals surface area contributed by atoms with Crippen LogP contribution in [0.15, 0.2) is 6.33 Å². The zero-order valence-corrected chi connectivity index (χ0v) is 13.8. The number of alkyl halides is 3. The summed E-state index contributed by atoms with van der Waals surface area (Å²) in [6.07, 6.45) is 0.211. The van der Waals surface area contributed by atoms with Crippen LogP contribution in [0.2, 0.25) is 0 Å². The van der Waals surface area contributed by atoms with Crippen LogP contribution in [-0.4, -0.2) is 44.8 Å². The summed E-state index contributed by atoms with van der Waals surface area (Å²) in [5, 5.41) is 8.00. The summed E-state index contributed by atoms with van der Waals surface area (Å²) < 4.78 is 40.7. The first-order valence-corrected chi connectivity index (χ1v) is 8.55. The number of rotatable bonds is 2. The second kappa shape index (κ2) is 6.72. The summed E-state index contributed by atoms with van der Waals surface area (Å²) in [7, 11) is 1.90. The van der Waals surface area contributed by atoms with Gasteiger partial charge in [0.1, 0.15) is 12.2 Å². The Kier molecular flexibility index (Phi) is 4.83. The normalized spacial score (nSPS) is 26.6. The van der Waals surface area contributed by atoms with Crippen molar-refractivity contribution in [3.05, 3.63) is 12.2 Å². The first-order valence-electron chi connectivity index (χ1n) is 8.55. The van der Waals surface area contributed by atoms with Gasteiger partial charge in [0, 0.05) is 32.0 Å². The monoisotopic (exact) mass is 344 g/mol. The van der Waals surface area contributed by atoms with E-state index < -0.39 is 18.0 Å². The largest absolute Gasteiger partial charge is 0.391 e. The molecule has 1 saturated carbocycles. The lowest BCUT2D eigenvalue weighted by Gasteiger charge is -2.36. The number of carbonyl (C=O) groups excluding carboxylic acids is 1. The van der Waals surface area contributed by atoms with Crippen molar-refractivity contribution >= 4 is 5.91 Å². The Balaban J connectivity index is 1.56. The van der Waals surface area contributed by atoms with E-state index in [2.05, 4.69) is 10.2 Å². The Hall–Kier alpha value is -1.60. The van der Waals surface area contributed by atoms with Crippen LogP contribution >= 0.6 is 0 Å². The van der Waals surface area contributed by atoms with Crippen molar-refractivity contribution < 1.29 is 18.0 Å². The SMILES string of the molecule is Cn1cnnc1C1CCN(C(=O)[C@@H]2CCC[C@H](C(F)(F)F)C2)CC1. The first kappa shape index (κ1) is 17.2. The molecule has 24 heavy (non-hydrogen) atoms. The van der Waals surface area contributed by atoms with E-state index in [0.29, 0.717) is 25.9 Å². The quantitative estimate of drug-likeness (QED) is 0.829. The van der Waals surface area contributed by atoms with Crippen molar-refractivity contribution in [2.24, 2.45) is 18.9 Å². The number of hydrogen-bond donors (Lipinski definition) is 0. The van der Waals surface area contributed by atoms with Gasteiger partial charge in [-0.05, 0) is 32.1 Å². The van der Waals surface area contributed by atoms with Gasteiger partial charge in [-0.2, -0.15) is 13.2 Å². The third-order valence-corrected chi connectivity index (χ3v) is 5.40. The number of amides is 1. The third-order valence-electron chi connectivity index (χ3n) is 5.40. The Labute approximate surface area is 139 Å². The van der Waals surface area contributed by atoms with Gasteiger partial charge in [-0.15, -0.1) is 10.2 Å². The Morgan fingerprint density at radius 2 is 1.92 bits per heavy atom. The average molecular weight is 344 g/mol. The highest BCUT2D eigenvalue weighted by atomic mass is 19.4. The van der Waals surface area contributed by atoms with Gasteiger partial charge in [-0.1, -0.05) is 6.42 Å². The summed E-state index contributed by atoms with van der Waals surface area (Å²) in [5.41, 5.74) is 0. The van der Waals surface area contributed by atoms with Gasteiger partial charge >= 0.3 is 6.18 Å². The Bertz CT molecular complexity index is 578. The van der Waals surface area contributed by atoms with E-state index in [1.807, 2.05) is 11.6 Å². The number of piperidine rings is 1. The first-order chi connectivity index (χ1) is 11.4. The van der Waals surface area contributed by atoms with Crippen LogP contribution in [0.4, 0.5) is 13.2 Å². The highest BCUT2D eigenvalue weighted by molar-refractivity contribution is 5.79. The van der Waals surface area contributed by atoms with E-state index >= 15 is 0 Å². The van der Waals surface area contributed by atoms with Crippen LogP contribution in [0.25, 0.3) is 0 Å². The topological polar surface area (TPSA) is 51.0 Å². The van der Waals surface area contributed by atoms with E-state index in [0.717, 1.165) is 18.7 Å². The average Bonchev–Trinajstić information content (AvgIpc) is 3.00. The van der Waals surface area contributed by atoms with E-state index in [4.69, 9.17) is 0 Å². The Morgan fingerprint density at radius 1 is 1.21 bits per heavy atom. The molecule has 3 rings (SSSR count). The minimum Gasteiger partial charge on any atom is -0.342 e. The van der Waals surface area contributed by atoms with Crippen LogP contribution in [0.1, 0.15) is 50.3 Å². The number of aromatic nitrogens is 3. The molecule has 0 bridgehead atoms. The number of hydrogen-bond acceptors (Lipinski definition) is 3. The maximum Gasteiger partial charge on any atom is 0.391 e. The highest BCUT2D eigenvalue weighted by Crippen LogP contribution is 2.40. The van der Waals surface area contributed by atoms with Gasteiger partial charge in [0.15, 0.2) is 0 Å². The van der Waals surface area contributed by atoms with Crippen LogP contribution in [0.5, 0.6) is 0 Å². The molecule has 134 valence electrons. The fraction of sp³-hybridized carbons (Fsp3) is 0.812. The van der Waals surface area contributed by atoms with Gasteiger partial charge in [-0.3, -0.25) is 4.79 Å². The smallest absolute Gasteiger partial charge is 0.342 e. The maximum absolute atomic E-state index is 12.9. The minimum atomic E-state index is -4.18. The number of aryl methyl sites for hydroxylation is 1.